The minimum absolute atomic E-state index is 0.0692. The van der Waals surface area contributed by atoms with Gasteiger partial charge in [-0.05, 0) is 29.7 Å². The van der Waals surface area contributed by atoms with Crippen molar-refractivity contribution in [2.24, 2.45) is 0 Å². The standard InChI is InChI=1S/C22H24N2O3S2/c1-29(26,27)24-15-14-19-12-13-21(28-19)22(25)23-16-20(17-8-4-2-5-9-17)18-10-6-3-7-11-18/h2-13,20,24H,14-16H2,1H3,(H,23,25). The lowest BCUT2D eigenvalue weighted by Gasteiger charge is -2.18. The van der Waals surface area contributed by atoms with Crippen molar-refractivity contribution in [3.8, 4) is 0 Å². The molecule has 1 amide bonds. The summed E-state index contributed by atoms with van der Waals surface area (Å²) in [6.07, 6.45) is 1.69. The summed E-state index contributed by atoms with van der Waals surface area (Å²) in [5, 5.41) is 3.05. The quantitative estimate of drug-likeness (QED) is 0.548. The van der Waals surface area contributed by atoms with E-state index in [4.69, 9.17) is 0 Å². The molecule has 0 radical (unpaired) electrons. The van der Waals surface area contributed by atoms with E-state index in [0.717, 1.165) is 22.3 Å². The minimum Gasteiger partial charge on any atom is -0.350 e. The molecule has 1 aromatic heterocycles. The predicted octanol–water partition coefficient (Wildman–Crippen LogP) is 3.40. The fourth-order valence-electron chi connectivity index (χ4n) is 3.07. The van der Waals surface area contributed by atoms with Crippen LogP contribution in [0.5, 0.6) is 0 Å². The van der Waals surface area contributed by atoms with Gasteiger partial charge in [-0.2, -0.15) is 0 Å². The second-order valence-corrected chi connectivity index (χ2v) is 9.77. The molecule has 0 fully saturated rings. The highest BCUT2D eigenvalue weighted by molar-refractivity contribution is 7.88. The van der Waals surface area contributed by atoms with Gasteiger partial charge in [-0.15, -0.1) is 11.3 Å². The van der Waals surface area contributed by atoms with Gasteiger partial charge in [0.25, 0.3) is 5.91 Å². The highest BCUT2D eigenvalue weighted by Gasteiger charge is 2.16. The number of amides is 1. The first kappa shape index (κ1) is 21.2. The van der Waals surface area contributed by atoms with Crippen molar-refractivity contribution >= 4 is 27.3 Å². The number of hydrogen-bond donors (Lipinski definition) is 2. The molecule has 5 nitrogen and oxygen atoms in total. The Kier molecular flexibility index (Phi) is 7.19. The van der Waals surface area contributed by atoms with E-state index in [0.29, 0.717) is 24.4 Å². The van der Waals surface area contributed by atoms with Gasteiger partial charge in [-0.3, -0.25) is 4.79 Å². The Bertz CT molecular complexity index is 993. The molecule has 7 heteroatoms. The first-order chi connectivity index (χ1) is 13.9. The van der Waals surface area contributed by atoms with Gasteiger partial charge >= 0.3 is 0 Å². The zero-order valence-electron chi connectivity index (χ0n) is 16.2. The molecular formula is C22H24N2O3S2. The summed E-state index contributed by atoms with van der Waals surface area (Å²) in [4.78, 5) is 14.2. The third kappa shape index (κ3) is 6.52. The second-order valence-electron chi connectivity index (χ2n) is 6.77. The summed E-state index contributed by atoms with van der Waals surface area (Å²) < 4.78 is 24.8. The van der Waals surface area contributed by atoms with Gasteiger partial charge < -0.3 is 5.32 Å². The van der Waals surface area contributed by atoms with E-state index >= 15 is 0 Å². The van der Waals surface area contributed by atoms with Crippen LogP contribution in [0, 0.1) is 0 Å². The topological polar surface area (TPSA) is 75.3 Å². The number of carbonyl (C=O) groups excluding carboxylic acids is 1. The Morgan fingerprint density at radius 1 is 0.931 bits per heavy atom. The number of carbonyl (C=O) groups is 1. The Balaban J connectivity index is 1.63. The molecule has 0 atom stereocenters. The van der Waals surface area contributed by atoms with E-state index in [2.05, 4.69) is 34.3 Å². The van der Waals surface area contributed by atoms with Gasteiger partial charge in [-0.1, -0.05) is 60.7 Å². The molecule has 29 heavy (non-hydrogen) atoms. The normalized spacial score (nSPS) is 11.5. The summed E-state index contributed by atoms with van der Waals surface area (Å²) >= 11 is 1.39. The average molecular weight is 429 g/mol. The zero-order valence-corrected chi connectivity index (χ0v) is 17.8. The van der Waals surface area contributed by atoms with Crippen LogP contribution in [-0.2, 0) is 16.4 Å². The number of thiophene rings is 1. The van der Waals surface area contributed by atoms with Gasteiger partial charge in [0.05, 0.1) is 11.1 Å². The van der Waals surface area contributed by atoms with Crippen molar-refractivity contribution < 1.29 is 13.2 Å². The van der Waals surface area contributed by atoms with Crippen LogP contribution < -0.4 is 10.0 Å². The largest absolute Gasteiger partial charge is 0.350 e. The van der Waals surface area contributed by atoms with Gasteiger partial charge in [-0.25, -0.2) is 13.1 Å². The van der Waals surface area contributed by atoms with Crippen LogP contribution in [0.4, 0.5) is 0 Å². The van der Waals surface area contributed by atoms with Gasteiger partial charge in [0.1, 0.15) is 0 Å². The minimum atomic E-state index is -3.20. The van der Waals surface area contributed by atoms with E-state index in [9.17, 15) is 13.2 Å². The molecule has 0 saturated heterocycles. The van der Waals surface area contributed by atoms with Gasteiger partial charge in [0.2, 0.25) is 10.0 Å². The Morgan fingerprint density at radius 3 is 2.07 bits per heavy atom. The summed E-state index contributed by atoms with van der Waals surface area (Å²) in [7, 11) is -3.20. The average Bonchev–Trinajstić information content (AvgIpc) is 3.18. The van der Waals surface area contributed by atoms with Crippen LogP contribution in [0.3, 0.4) is 0 Å². The number of hydrogen-bond acceptors (Lipinski definition) is 4. The molecule has 152 valence electrons. The lowest BCUT2D eigenvalue weighted by Crippen LogP contribution is -2.28. The molecule has 3 rings (SSSR count). The van der Waals surface area contributed by atoms with Crippen LogP contribution in [-0.4, -0.2) is 33.7 Å². The molecule has 0 saturated carbocycles. The third-order valence-corrected chi connectivity index (χ3v) is 6.36. The summed E-state index contributed by atoms with van der Waals surface area (Å²) in [6.45, 7) is 0.820. The Hall–Kier alpha value is -2.48. The number of rotatable bonds is 9. The van der Waals surface area contributed by atoms with E-state index in [1.165, 1.54) is 11.3 Å². The fraction of sp³-hybridized carbons (Fsp3) is 0.227. The van der Waals surface area contributed by atoms with Crippen molar-refractivity contribution in [1.29, 1.82) is 0 Å². The number of benzene rings is 2. The first-order valence-electron chi connectivity index (χ1n) is 9.34. The smallest absolute Gasteiger partial charge is 0.261 e. The first-order valence-corrected chi connectivity index (χ1v) is 12.0. The SMILES string of the molecule is CS(=O)(=O)NCCc1ccc(C(=O)NCC(c2ccccc2)c2ccccc2)s1. The molecule has 2 aromatic carbocycles. The summed E-state index contributed by atoms with van der Waals surface area (Å²) in [6, 6.07) is 23.9. The number of sulfonamides is 1. The van der Waals surface area contributed by atoms with E-state index in [-0.39, 0.29) is 11.8 Å². The molecular weight excluding hydrogens is 404 g/mol. The molecule has 0 aliphatic carbocycles. The van der Waals surface area contributed by atoms with E-state index < -0.39 is 10.0 Å². The van der Waals surface area contributed by atoms with Crippen LogP contribution in [0.2, 0.25) is 0 Å². The van der Waals surface area contributed by atoms with Crippen molar-refractivity contribution in [2.45, 2.75) is 12.3 Å². The summed E-state index contributed by atoms with van der Waals surface area (Å²) in [5.74, 6) is -0.0473. The molecule has 1 heterocycles. The van der Waals surface area contributed by atoms with Gasteiger partial charge in [0, 0.05) is 23.9 Å². The lowest BCUT2D eigenvalue weighted by atomic mass is 9.91. The van der Waals surface area contributed by atoms with Crippen molar-refractivity contribution in [3.05, 3.63) is 93.7 Å². The molecule has 0 bridgehead atoms. The van der Waals surface area contributed by atoms with Crippen LogP contribution in [0.1, 0.15) is 31.6 Å². The zero-order chi connectivity index (χ0) is 20.7. The maximum Gasteiger partial charge on any atom is 0.261 e. The van der Waals surface area contributed by atoms with Crippen molar-refractivity contribution in [3.63, 3.8) is 0 Å². The lowest BCUT2D eigenvalue weighted by molar-refractivity contribution is 0.0956. The molecule has 0 aliphatic heterocycles. The third-order valence-electron chi connectivity index (χ3n) is 4.49. The molecule has 0 spiro atoms. The van der Waals surface area contributed by atoms with Crippen molar-refractivity contribution in [1.82, 2.24) is 10.0 Å². The van der Waals surface area contributed by atoms with E-state index in [1.807, 2.05) is 42.5 Å². The second kappa shape index (κ2) is 9.82. The van der Waals surface area contributed by atoms with Crippen LogP contribution in [0.15, 0.2) is 72.8 Å². The summed E-state index contributed by atoms with van der Waals surface area (Å²) in [5.41, 5.74) is 2.30. The Morgan fingerprint density at radius 2 is 1.52 bits per heavy atom. The van der Waals surface area contributed by atoms with E-state index in [1.54, 1.807) is 6.07 Å². The van der Waals surface area contributed by atoms with Crippen LogP contribution in [0.25, 0.3) is 0 Å². The molecule has 0 unspecified atom stereocenters. The van der Waals surface area contributed by atoms with Crippen LogP contribution >= 0.6 is 11.3 Å². The number of nitrogens with one attached hydrogen (secondary N) is 2. The highest BCUT2D eigenvalue weighted by Crippen LogP contribution is 2.24. The maximum absolute atomic E-state index is 12.6. The monoisotopic (exact) mass is 428 g/mol. The van der Waals surface area contributed by atoms with Crippen molar-refractivity contribution in [2.75, 3.05) is 19.3 Å². The fourth-order valence-corrected chi connectivity index (χ4v) is 4.47. The molecule has 3 aromatic rings. The molecule has 2 N–H and O–H groups in total. The predicted molar refractivity (Wildman–Crippen MR) is 118 cm³/mol. The highest BCUT2D eigenvalue weighted by atomic mass is 32.2. The maximum atomic E-state index is 12.6. The molecule has 0 aliphatic rings. The Labute approximate surface area is 175 Å². The van der Waals surface area contributed by atoms with Gasteiger partial charge in [0.15, 0.2) is 0 Å².